The molecule has 0 spiro atoms. The van der Waals surface area contributed by atoms with E-state index in [0.29, 0.717) is 0 Å². The molecule has 0 saturated carbocycles. The predicted molar refractivity (Wildman–Crippen MR) is 46.3 cm³/mol. The van der Waals surface area contributed by atoms with Gasteiger partial charge in [-0.2, -0.15) is 3.22 Å². The number of hydrogen-bond donors (Lipinski definition) is 1. The second-order valence-corrected chi connectivity index (χ2v) is 3.83. The molecule has 0 atom stereocenters. The van der Waals surface area contributed by atoms with Gasteiger partial charge in [-0.05, 0) is 20.8 Å². The van der Waals surface area contributed by atoms with Gasteiger partial charge in [-0.25, -0.2) is 10.6 Å². The molecule has 2 N–H and O–H groups in total. The Morgan fingerprint density at radius 2 is 2.00 bits per heavy atom. The van der Waals surface area contributed by atoms with Crippen LogP contribution in [0.5, 0.6) is 0 Å². The van der Waals surface area contributed by atoms with E-state index < -0.39 is 11.7 Å². The summed E-state index contributed by atoms with van der Waals surface area (Å²) in [5.74, 6) is 5.09. The summed E-state index contributed by atoms with van der Waals surface area (Å²) >= 11 is 1.65. The van der Waals surface area contributed by atoms with Crippen LogP contribution in [-0.4, -0.2) is 14.9 Å². The van der Waals surface area contributed by atoms with E-state index in [1.165, 1.54) is 0 Å². The topological polar surface area (TPSA) is 55.6 Å². The first kappa shape index (κ1) is 9.96. The van der Waals surface area contributed by atoms with Crippen molar-refractivity contribution < 1.29 is 9.53 Å². The van der Waals surface area contributed by atoms with Crippen LogP contribution in [0.1, 0.15) is 20.8 Å². The lowest BCUT2D eigenvalue weighted by atomic mass is 10.2. The van der Waals surface area contributed by atoms with E-state index in [-0.39, 0.29) is 0 Å². The van der Waals surface area contributed by atoms with E-state index in [9.17, 15) is 4.79 Å². The SMILES string of the molecule is CC(C)(C)OC(=O)N(N)I. The van der Waals surface area contributed by atoms with Crippen LogP contribution in [0.25, 0.3) is 0 Å². The molecular formula is C5H11IN2O2. The van der Waals surface area contributed by atoms with Crippen LogP contribution in [0.15, 0.2) is 0 Å². The molecule has 0 aliphatic heterocycles. The smallest absolute Gasteiger partial charge is 0.433 e. The van der Waals surface area contributed by atoms with Gasteiger partial charge in [0.15, 0.2) is 0 Å². The van der Waals surface area contributed by atoms with Crippen LogP contribution in [-0.2, 0) is 4.74 Å². The minimum Gasteiger partial charge on any atom is -0.442 e. The monoisotopic (exact) mass is 258 g/mol. The van der Waals surface area contributed by atoms with Crippen LogP contribution in [0.2, 0.25) is 0 Å². The number of nitrogens with two attached hydrogens (primary N) is 1. The van der Waals surface area contributed by atoms with E-state index in [2.05, 4.69) is 0 Å². The number of hydrogen-bond acceptors (Lipinski definition) is 3. The molecule has 10 heavy (non-hydrogen) atoms. The van der Waals surface area contributed by atoms with Gasteiger partial charge in [-0.3, -0.25) is 0 Å². The summed E-state index contributed by atoms with van der Waals surface area (Å²) in [6.45, 7) is 5.35. The molecule has 4 nitrogen and oxygen atoms in total. The Labute approximate surface area is 74.2 Å². The fourth-order valence-electron chi connectivity index (χ4n) is 0.306. The first-order valence-corrected chi connectivity index (χ1v) is 3.73. The minimum absolute atomic E-state index is 0.472. The van der Waals surface area contributed by atoms with Crippen molar-refractivity contribution >= 4 is 29.0 Å². The molecule has 0 aromatic heterocycles. The van der Waals surface area contributed by atoms with Crippen molar-refractivity contribution in [1.29, 1.82) is 0 Å². The summed E-state index contributed by atoms with van der Waals surface area (Å²) in [6, 6.07) is 0. The zero-order valence-electron chi connectivity index (χ0n) is 6.22. The average molecular weight is 258 g/mol. The molecule has 0 aromatic rings. The highest BCUT2D eigenvalue weighted by atomic mass is 127. The molecule has 5 heteroatoms. The van der Waals surface area contributed by atoms with Gasteiger partial charge < -0.3 is 4.74 Å². The van der Waals surface area contributed by atoms with E-state index in [1.807, 2.05) is 0 Å². The minimum atomic E-state index is -0.534. The molecule has 0 aromatic carbocycles. The molecule has 0 bridgehead atoms. The number of carbonyl (C=O) groups excluding carboxylic acids is 1. The van der Waals surface area contributed by atoms with Crippen molar-refractivity contribution in [1.82, 2.24) is 3.22 Å². The Hall–Kier alpha value is -0.0400. The number of ether oxygens (including phenoxy) is 1. The molecule has 0 aliphatic carbocycles. The number of carbonyl (C=O) groups is 1. The number of hydrazine groups is 1. The number of nitrogens with zero attached hydrogens (tertiary/aromatic N) is 1. The first-order chi connectivity index (χ1) is 4.33. The average Bonchev–Trinajstić information content (AvgIpc) is 1.60. The Bertz CT molecular complexity index is 130. The number of halogens is 1. The van der Waals surface area contributed by atoms with Gasteiger partial charge in [-0.15, -0.1) is 0 Å². The standard InChI is InChI=1S/C5H11IN2O2/c1-5(2,3)10-4(9)8(6)7/h7H2,1-3H3. The summed E-state index contributed by atoms with van der Waals surface area (Å²) in [7, 11) is 0. The lowest BCUT2D eigenvalue weighted by Crippen LogP contribution is -2.34. The van der Waals surface area contributed by atoms with Gasteiger partial charge >= 0.3 is 6.09 Å². The van der Waals surface area contributed by atoms with E-state index >= 15 is 0 Å². The molecule has 0 aliphatic rings. The summed E-state index contributed by atoms with van der Waals surface area (Å²) in [6.07, 6.45) is -0.534. The van der Waals surface area contributed by atoms with E-state index in [4.69, 9.17) is 10.6 Å². The quantitative estimate of drug-likeness (QED) is 0.235. The van der Waals surface area contributed by atoms with Crippen molar-refractivity contribution in [2.75, 3.05) is 0 Å². The normalized spacial score (nSPS) is 10.9. The van der Waals surface area contributed by atoms with Gasteiger partial charge in [0.2, 0.25) is 0 Å². The van der Waals surface area contributed by atoms with E-state index in [0.717, 1.165) is 3.22 Å². The summed E-state index contributed by atoms with van der Waals surface area (Å²) < 4.78 is 5.73. The van der Waals surface area contributed by atoms with Crippen molar-refractivity contribution in [3.8, 4) is 0 Å². The lowest BCUT2D eigenvalue weighted by Gasteiger charge is -2.20. The second-order valence-electron chi connectivity index (χ2n) is 2.79. The summed E-state index contributed by atoms with van der Waals surface area (Å²) in [4.78, 5) is 10.7. The fraction of sp³-hybridized carbons (Fsp3) is 0.800. The third-order valence-corrected chi connectivity index (χ3v) is 0.962. The predicted octanol–water partition coefficient (Wildman–Crippen LogP) is 1.45. The zero-order valence-corrected chi connectivity index (χ0v) is 8.38. The van der Waals surface area contributed by atoms with Crippen LogP contribution >= 0.6 is 22.9 Å². The van der Waals surface area contributed by atoms with E-state index in [1.54, 1.807) is 43.6 Å². The molecule has 0 radical (unpaired) electrons. The second kappa shape index (κ2) is 3.38. The molecular weight excluding hydrogens is 247 g/mol. The Morgan fingerprint density at radius 3 is 2.10 bits per heavy atom. The molecule has 0 heterocycles. The first-order valence-electron chi connectivity index (χ1n) is 2.76. The van der Waals surface area contributed by atoms with Crippen molar-refractivity contribution in [2.45, 2.75) is 26.4 Å². The largest absolute Gasteiger partial charge is 0.442 e. The van der Waals surface area contributed by atoms with Gasteiger partial charge in [0.25, 0.3) is 0 Å². The maximum Gasteiger partial charge on any atom is 0.433 e. The maximum atomic E-state index is 10.7. The fourth-order valence-corrected chi connectivity index (χ4v) is 0.404. The highest BCUT2D eigenvalue weighted by Gasteiger charge is 2.18. The number of rotatable bonds is 0. The third kappa shape index (κ3) is 4.80. The molecule has 0 saturated heterocycles. The Kier molecular flexibility index (Phi) is 3.37. The van der Waals surface area contributed by atoms with Crippen molar-refractivity contribution in [3.05, 3.63) is 0 Å². The van der Waals surface area contributed by atoms with Gasteiger partial charge in [0.05, 0.1) is 22.9 Å². The maximum absolute atomic E-state index is 10.7. The number of amides is 1. The van der Waals surface area contributed by atoms with Gasteiger partial charge in [0.1, 0.15) is 5.60 Å². The highest BCUT2D eigenvalue weighted by Crippen LogP contribution is 2.09. The molecule has 60 valence electrons. The lowest BCUT2D eigenvalue weighted by molar-refractivity contribution is 0.0428. The van der Waals surface area contributed by atoms with Crippen molar-refractivity contribution in [3.63, 3.8) is 0 Å². The summed E-state index contributed by atoms with van der Waals surface area (Å²) in [5.41, 5.74) is -0.472. The third-order valence-electron chi connectivity index (χ3n) is 0.568. The van der Waals surface area contributed by atoms with Gasteiger partial charge in [-0.1, -0.05) is 0 Å². The van der Waals surface area contributed by atoms with Crippen molar-refractivity contribution in [2.24, 2.45) is 5.84 Å². The molecule has 0 fully saturated rings. The zero-order chi connectivity index (χ0) is 8.36. The molecule has 0 rings (SSSR count). The molecule has 0 unspecified atom stereocenters. The van der Waals surface area contributed by atoms with Crippen LogP contribution in [0, 0.1) is 0 Å². The van der Waals surface area contributed by atoms with Crippen LogP contribution in [0.4, 0.5) is 4.79 Å². The van der Waals surface area contributed by atoms with Crippen LogP contribution in [0.3, 0.4) is 0 Å². The Balaban J connectivity index is 3.81. The van der Waals surface area contributed by atoms with Crippen LogP contribution < -0.4 is 5.84 Å². The van der Waals surface area contributed by atoms with Gasteiger partial charge in [0, 0.05) is 0 Å². The highest BCUT2D eigenvalue weighted by molar-refractivity contribution is 14.1. The Morgan fingerprint density at radius 1 is 1.60 bits per heavy atom. The summed E-state index contributed by atoms with van der Waals surface area (Å²) in [5, 5.41) is 0. The molecule has 1 amide bonds.